The van der Waals surface area contributed by atoms with Crippen molar-refractivity contribution < 1.29 is 4.79 Å². The fourth-order valence-electron chi connectivity index (χ4n) is 1.56. The van der Waals surface area contributed by atoms with Crippen molar-refractivity contribution in [2.45, 2.75) is 0 Å². The van der Waals surface area contributed by atoms with Gasteiger partial charge in [0.2, 0.25) is 0 Å². The zero-order chi connectivity index (χ0) is 11.4. The molecule has 2 rings (SSSR count). The quantitative estimate of drug-likeness (QED) is 0.738. The van der Waals surface area contributed by atoms with E-state index in [4.69, 9.17) is 0 Å². The normalized spacial score (nSPS) is 17.2. The molecular formula is C10H15N5O. The molecule has 0 unspecified atom stereocenters. The molecule has 1 aliphatic rings. The molecule has 1 saturated heterocycles. The number of anilines is 1. The zero-order valence-electron chi connectivity index (χ0n) is 9.26. The Morgan fingerprint density at radius 2 is 2.06 bits per heavy atom. The molecular weight excluding hydrogens is 206 g/mol. The van der Waals surface area contributed by atoms with Gasteiger partial charge in [-0.25, -0.2) is 9.78 Å². The van der Waals surface area contributed by atoms with Crippen LogP contribution in [0.25, 0.3) is 0 Å². The van der Waals surface area contributed by atoms with Gasteiger partial charge in [0, 0.05) is 38.6 Å². The number of piperazine rings is 1. The number of aromatic nitrogens is 2. The van der Waals surface area contributed by atoms with Gasteiger partial charge in [0.05, 0.1) is 6.20 Å². The van der Waals surface area contributed by atoms with E-state index in [1.54, 1.807) is 17.3 Å². The van der Waals surface area contributed by atoms with Crippen molar-refractivity contribution in [3.05, 3.63) is 18.6 Å². The Kier molecular flexibility index (Phi) is 3.31. The van der Waals surface area contributed by atoms with Gasteiger partial charge in [-0.2, -0.15) is 0 Å². The van der Waals surface area contributed by atoms with Crippen molar-refractivity contribution in [2.75, 3.05) is 38.5 Å². The van der Waals surface area contributed by atoms with Crippen LogP contribution < -0.4 is 5.32 Å². The van der Waals surface area contributed by atoms with Crippen molar-refractivity contribution >= 4 is 11.8 Å². The van der Waals surface area contributed by atoms with Gasteiger partial charge in [-0.05, 0) is 7.05 Å². The van der Waals surface area contributed by atoms with E-state index >= 15 is 0 Å². The van der Waals surface area contributed by atoms with Crippen LogP contribution in [-0.2, 0) is 0 Å². The number of urea groups is 1. The largest absolute Gasteiger partial charge is 0.323 e. The lowest BCUT2D eigenvalue weighted by Crippen LogP contribution is -2.48. The highest BCUT2D eigenvalue weighted by Gasteiger charge is 2.18. The summed E-state index contributed by atoms with van der Waals surface area (Å²) in [6, 6.07) is -0.103. The van der Waals surface area contributed by atoms with Crippen molar-refractivity contribution in [1.82, 2.24) is 19.8 Å². The maximum absolute atomic E-state index is 11.8. The second kappa shape index (κ2) is 4.89. The summed E-state index contributed by atoms with van der Waals surface area (Å²) < 4.78 is 0. The van der Waals surface area contributed by atoms with Crippen molar-refractivity contribution in [1.29, 1.82) is 0 Å². The van der Waals surface area contributed by atoms with Gasteiger partial charge < -0.3 is 9.80 Å². The molecule has 2 amide bonds. The van der Waals surface area contributed by atoms with Crippen molar-refractivity contribution in [3.8, 4) is 0 Å². The minimum Gasteiger partial charge on any atom is -0.322 e. The van der Waals surface area contributed by atoms with E-state index in [0.717, 1.165) is 26.2 Å². The van der Waals surface area contributed by atoms with Crippen LogP contribution in [0, 0.1) is 0 Å². The Morgan fingerprint density at radius 3 is 2.69 bits per heavy atom. The van der Waals surface area contributed by atoms with Crippen LogP contribution in [-0.4, -0.2) is 59.0 Å². The average molecular weight is 221 g/mol. The van der Waals surface area contributed by atoms with Crippen molar-refractivity contribution in [2.24, 2.45) is 0 Å². The van der Waals surface area contributed by atoms with E-state index in [0.29, 0.717) is 5.82 Å². The second-order valence-corrected chi connectivity index (χ2v) is 3.81. The molecule has 1 aromatic rings. The van der Waals surface area contributed by atoms with Crippen LogP contribution in [0.4, 0.5) is 10.6 Å². The third-order valence-electron chi connectivity index (χ3n) is 2.59. The standard InChI is InChI=1S/C10H15N5O/c1-14-4-6-15(7-5-14)10(16)13-9-8-11-2-3-12-9/h2-3,8H,4-7H2,1H3,(H,12,13,16). The van der Waals surface area contributed by atoms with Gasteiger partial charge >= 0.3 is 6.03 Å². The molecule has 0 bridgehead atoms. The number of carbonyl (C=O) groups is 1. The fraction of sp³-hybridized carbons (Fsp3) is 0.500. The molecule has 0 atom stereocenters. The van der Waals surface area contributed by atoms with E-state index in [2.05, 4.69) is 27.2 Å². The number of carbonyl (C=O) groups excluding carboxylic acids is 1. The maximum atomic E-state index is 11.8. The minimum absolute atomic E-state index is 0.103. The first-order chi connectivity index (χ1) is 7.75. The Balaban J connectivity index is 1.89. The van der Waals surface area contributed by atoms with Gasteiger partial charge in [0.1, 0.15) is 0 Å². The summed E-state index contributed by atoms with van der Waals surface area (Å²) in [5.74, 6) is 0.492. The zero-order valence-corrected chi connectivity index (χ0v) is 9.26. The Bertz CT molecular complexity index is 347. The Hall–Kier alpha value is -1.69. The average Bonchev–Trinajstić information content (AvgIpc) is 2.31. The smallest absolute Gasteiger partial charge is 0.322 e. The third-order valence-corrected chi connectivity index (χ3v) is 2.59. The molecule has 0 aliphatic carbocycles. The predicted octanol–water partition coefficient (Wildman–Crippen LogP) is 0.256. The highest BCUT2D eigenvalue weighted by atomic mass is 16.2. The second-order valence-electron chi connectivity index (χ2n) is 3.81. The summed E-state index contributed by atoms with van der Waals surface area (Å²) in [6.07, 6.45) is 4.67. The topological polar surface area (TPSA) is 61.4 Å². The molecule has 1 fully saturated rings. The molecule has 86 valence electrons. The molecule has 0 radical (unpaired) electrons. The highest BCUT2D eigenvalue weighted by Crippen LogP contribution is 2.04. The van der Waals surface area contributed by atoms with Gasteiger partial charge in [-0.3, -0.25) is 10.3 Å². The van der Waals surface area contributed by atoms with E-state index in [1.165, 1.54) is 6.20 Å². The number of nitrogens with zero attached hydrogens (tertiary/aromatic N) is 4. The molecule has 16 heavy (non-hydrogen) atoms. The highest BCUT2D eigenvalue weighted by molar-refractivity contribution is 5.88. The van der Waals surface area contributed by atoms with E-state index in [9.17, 15) is 4.79 Å². The van der Waals surface area contributed by atoms with Crippen LogP contribution in [0.1, 0.15) is 0 Å². The lowest BCUT2D eigenvalue weighted by Gasteiger charge is -2.32. The first-order valence-corrected chi connectivity index (χ1v) is 5.26. The monoisotopic (exact) mass is 221 g/mol. The van der Waals surface area contributed by atoms with E-state index in [1.807, 2.05) is 0 Å². The van der Waals surface area contributed by atoms with Crippen molar-refractivity contribution in [3.63, 3.8) is 0 Å². The van der Waals surface area contributed by atoms with Crippen LogP contribution in [0.2, 0.25) is 0 Å². The number of hydrogen-bond donors (Lipinski definition) is 1. The summed E-state index contributed by atoms with van der Waals surface area (Å²) in [7, 11) is 2.05. The molecule has 0 spiro atoms. The lowest BCUT2D eigenvalue weighted by molar-refractivity contribution is 0.164. The third kappa shape index (κ3) is 2.66. The molecule has 1 N–H and O–H groups in total. The lowest BCUT2D eigenvalue weighted by atomic mass is 10.3. The molecule has 0 saturated carbocycles. The van der Waals surface area contributed by atoms with Crippen LogP contribution in [0.5, 0.6) is 0 Å². The van der Waals surface area contributed by atoms with Gasteiger partial charge in [0.25, 0.3) is 0 Å². The van der Waals surface area contributed by atoms with Crippen LogP contribution in [0.15, 0.2) is 18.6 Å². The SMILES string of the molecule is CN1CCN(C(=O)Nc2cnccn2)CC1. The van der Waals surface area contributed by atoms with E-state index in [-0.39, 0.29) is 6.03 Å². The molecule has 0 aromatic carbocycles. The number of amides is 2. The molecule has 1 aliphatic heterocycles. The predicted molar refractivity (Wildman–Crippen MR) is 60.1 cm³/mol. The summed E-state index contributed by atoms with van der Waals surface area (Å²) in [4.78, 5) is 23.7. The minimum atomic E-state index is -0.103. The summed E-state index contributed by atoms with van der Waals surface area (Å²) >= 11 is 0. The summed E-state index contributed by atoms with van der Waals surface area (Å²) in [5, 5.41) is 2.72. The molecule has 6 heteroatoms. The summed E-state index contributed by atoms with van der Waals surface area (Å²) in [5.41, 5.74) is 0. The number of rotatable bonds is 1. The number of nitrogens with one attached hydrogen (secondary N) is 1. The first kappa shape index (κ1) is 10.8. The fourth-order valence-corrected chi connectivity index (χ4v) is 1.56. The van der Waals surface area contributed by atoms with Crippen LogP contribution >= 0.6 is 0 Å². The van der Waals surface area contributed by atoms with Crippen LogP contribution in [0.3, 0.4) is 0 Å². The number of hydrogen-bond acceptors (Lipinski definition) is 4. The number of likely N-dealkylation sites (N-methyl/N-ethyl adjacent to an activating group) is 1. The van der Waals surface area contributed by atoms with Gasteiger partial charge in [-0.15, -0.1) is 0 Å². The molecule has 1 aromatic heterocycles. The van der Waals surface area contributed by atoms with Gasteiger partial charge in [-0.1, -0.05) is 0 Å². The Labute approximate surface area is 94.3 Å². The van der Waals surface area contributed by atoms with E-state index < -0.39 is 0 Å². The maximum Gasteiger partial charge on any atom is 0.323 e. The Morgan fingerprint density at radius 1 is 1.31 bits per heavy atom. The molecule has 2 heterocycles. The molecule has 6 nitrogen and oxygen atoms in total. The van der Waals surface area contributed by atoms with Gasteiger partial charge in [0.15, 0.2) is 5.82 Å². The first-order valence-electron chi connectivity index (χ1n) is 5.26. The summed E-state index contributed by atoms with van der Waals surface area (Å²) in [6.45, 7) is 3.33.